The number of hydrogen-bond donors (Lipinski definition) is 2. The second-order valence-corrected chi connectivity index (χ2v) is 6.54. The quantitative estimate of drug-likeness (QED) is 0.897. The van der Waals surface area contributed by atoms with Crippen LogP contribution in [0, 0.1) is 0 Å². The SMILES string of the molecule is CC(NC1CCCCC1O)c1ccc(N2CCOCC2)cc1. The van der Waals surface area contributed by atoms with Crippen LogP contribution >= 0.6 is 0 Å². The fourth-order valence-corrected chi connectivity index (χ4v) is 3.52. The standard InChI is InChI=1S/C18H28N2O2/c1-14(19-17-4-2-3-5-18(17)21)15-6-8-16(9-7-15)20-10-12-22-13-11-20/h6-9,14,17-19,21H,2-5,10-13H2,1H3. The first-order chi connectivity index (χ1) is 10.7. The molecule has 3 unspecified atom stereocenters. The number of morpholine rings is 1. The molecule has 4 nitrogen and oxygen atoms in total. The zero-order chi connectivity index (χ0) is 15.4. The Morgan fingerprint density at radius 3 is 2.50 bits per heavy atom. The van der Waals surface area contributed by atoms with E-state index in [2.05, 4.69) is 41.4 Å². The van der Waals surface area contributed by atoms with Gasteiger partial charge in [-0.1, -0.05) is 25.0 Å². The van der Waals surface area contributed by atoms with Crippen molar-refractivity contribution in [2.75, 3.05) is 31.2 Å². The number of nitrogens with zero attached hydrogens (tertiary/aromatic N) is 1. The van der Waals surface area contributed by atoms with E-state index in [1.54, 1.807) is 0 Å². The summed E-state index contributed by atoms with van der Waals surface area (Å²) in [5.41, 5.74) is 2.56. The molecule has 0 bridgehead atoms. The van der Waals surface area contributed by atoms with Gasteiger partial charge in [0.2, 0.25) is 0 Å². The molecular formula is C18H28N2O2. The smallest absolute Gasteiger partial charge is 0.0693 e. The second-order valence-electron chi connectivity index (χ2n) is 6.54. The summed E-state index contributed by atoms with van der Waals surface area (Å²) >= 11 is 0. The largest absolute Gasteiger partial charge is 0.392 e. The highest BCUT2D eigenvalue weighted by molar-refractivity contribution is 5.48. The number of hydrogen-bond acceptors (Lipinski definition) is 4. The van der Waals surface area contributed by atoms with Crippen LogP contribution in [0.3, 0.4) is 0 Å². The van der Waals surface area contributed by atoms with Gasteiger partial charge in [-0.25, -0.2) is 0 Å². The van der Waals surface area contributed by atoms with Crippen molar-refractivity contribution in [2.24, 2.45) is 0 Å². The number of aliphatic hydroxyl groups is 1. The van der Waals surface area contributed by atoms with Crippen molar-refractivity contribution in [1.29, 1.82) is 0 Å². The number of nitrogens with one attached hydrogen (secondary N) is 1. The monoisotopic (exact) mass is 304 g/mol. The van der Waals surface area contributed by atoms with Gasteiger partial charge in [0.05, 0.1) is 19.3 Å². The van der Waals surface area contributed by atoms with Gasteiger partial charge in [0.1, 0.15) is 0 Å². The Morgan fingerprint density at radius 2 is 1.82 bits per heavy atom. The molecule has 3 atom stereocenters. The first-order valence-electron chi connectivity index (χ1n) is 8.61. The molecule has 1 aliphatic heterocycles. The van der Waals surface area contributed by atoms with Gasteiger partial charge in [0.25, 0.3) is 0 Å². The zero-order valence-electron chi connectivity index (χ0n) is 13.5. The van der Waals surface area contributed by atoms with E-state index in [0.717, 1.165) is 45.6 Å². The van der Waals surface area contributed by atoms with Crippen molar-refractivity contribution in [3.63, 3.8) is 0 Å². The normalized spacial score (nSPS) is 27.6. The number of rotatable bonds is 4. The fourth-order valence-electron chi connectivity index (χ4n) is 3.52. The van der Waals surface area contributed by atoms with Crippen LogP contribution in [-0.2, 0) is 4.74 Å². The maximum Gasteiger partial charge on any atom is 0.0693 e. The Labute approximate surface area is 133 Å². The minimum absolute atomic E-state index is 0.191. The highest BCUT2D eigenvalue weighted by Gasteiger charge is 2.24. The second kappa shape index (κ2) is 7.44. The van der Waals surface area contributed by atoms with Crippen LogP contribution in [0.15, 0.2) is 24.3 Å². The minimum atomic E-state index is -0.191. The Morgan fingerprint density at radius 1 is 1.14 bits per heavy atom. The Kier molecular flexibility index (Phi) is 5.34. The van der Waals surface area contributed by atoms with Crippen LogP contribution in [0.4, 0.5) is 5.69 Å². The van der Waals surface area contributed by atoms with Gasteiger partial charge in [0.15, 0.2) is 0 Å². The van der Waals surface area contributed by atoms with Crippen molar-refractivity contribution >= 4 is 5.69 Å². The molecule has 1 saturated heterocycles. The first-order valence-corrected chi connectivity index (χ1v) is 8.61. The summed E-state index contributed by atoms with van der Waals surface area (Å²) in [7, 11) is 0. The van der Waals surface area contributed by atoms with Crippen LogP contribution in [0.5, 0.6) is 0 Å². The van der Waals surface area contributed by atoms with E-state index < -0.39 is 0 Å². The molecule has 3 rings (SSSR count). The van der Waals surface area contributed by atoms with E-state index in [9.17, 15) is 5.11 Å². The average Bonchev–Trinajstić information content (AvgIpc) is 2.58. The van der Waals surface area contributed by atoms with Crippen molar-refractivity contribution in [2.45, 2.75) is 50.8 Å². The highest BCUT2D eigenvalue weighted by Crippen LogP contribution is 2.24. The Hall–Kier alpha value is -1.10. The van der Waals surface area contributed by atoms with Gasteiger partial charge in [-0.05, 0) is 37.5 Å². The third-order valence-electron chi connectivity index (χ3n) is 4.96. The summed E-state index contributed by atoms with van der Waals surface area (Å²) in [6.07, 6.45) is 4.20. The molecule has 0 aromatic heterocycles. The van der Waals surface area contributed by atoms with E-state index >= 15 is 0 Å². The fraction of sp³-hybridized carbons (Fsp3) is 0.667. The molecule has 0 radical (unpaired) electrons. The van der Waals surface area contributed by atoms with Crippen molar-refractivity contribution in [3.8, 4) is 0 Å². The lowest BCUT2D eigenvalue weighted by atomic mass is 9.91. The molecule has 0 amide bonds. The molecule has 1 aromatic carbocycles. The van der Waals surface area contributed by atoms with Gasteiger partial charge in [-0.3, -0.25) is 0 Å². The Balaban J connectivity index is 1.59. The predicted molar refractivity (Wildman–Crippen MR) is 89.3 cm³/mol. The third-order valence-corrected chi connectivity index (χ3v) is 4.96. The summed E-state index contributed by atoms with van der Waals surface area (Å²) < 4.78 is 5.40. The molecule has 2 fully saturated rings. The lowest BCUT2D eigenvalue weighted by molar-refractivity contribution is 0.0860. The molecule has 22 heavy (non-hydrogen) atoms. The van der Waals surface area contributed by atoms with E-state index in [4.69, 9.17) is 4.74 Å². The minimum Gasteiger partial charge on any atom is -0.392 e. The summed E-state index contributed by atoms with van der Waals surface area (Å²) in [5, 5.41) is 13.7. The number of anilines is 1. The Bertz CT molecular complexity index is 457. The summed E-state index contributed by atoms with van der Waals surface area (Å²) in [4.78, 5) is 2.37. The van der Waals surface area contributed by atoms with Gasteiger partial charge >= 0.3 is 0 Å². The van der Waals surface area contributed by atoms with Crippen molar-refractivity contribution in [3.05, 3.63) is 29.8 Å². The highest BCUT2D eigenvalue weighted by atomic mass is 16.5. The average molecular weight is 304 g/mol. The summed E-state index contributed by atoms with van der Waals surface area (Å²) in [5.74, 6) is 0. The molecule has 2 aliphatic rings. The third kappa shape index (κ3) is 3.80. The molecule has 2 N–H and O–H groups in total. The summed E-state index contributed by atoms with van der Waals surface area (Å²) in [6.45, 7) is 5.77. The molecule has 122 valence electrons. The van der Waals surface area contributed by atoms with Crippen LogP contribution in [-0.4, -0.2) is 43.6 Å². The van der Waals surface area contributed by atoms with Crippen molar-refractivity contribution < 1.29 is 9.84 Å². The molecule has 1 saturated carbocycles. The van der Waals surface area contributed by atoms with Crippen LogP contribution < -0.4 is 10.2 Å². The van der Waals surface area contributed by atoms with Crippen LogP contribution in [0.2, 0.25) is 0 Å². The molecular weight excluding hydrogens is 276 g/mol. The lowest BCUT2D eigenvalue weighted by Gasteiger charge is -2.32. The predicted octanol–water partition coefficient (Wildman–Crippen LogP) is 2.48. The zero-order valence-corrected chi connectivity index (χ0v) is 13.5. The molecule has 1 aliphatic carbocycles. The lowest BCUT2D eigenvalue weighted by Crippen LogP contribution is -2.43. The maximum absolute atomic E-state index is 10.1. The van der Waals surface area contributed by atoms with E-state index in [-0.39, 0.29) is 18.2 Å². The number of benzene rings is 1. The molecule has 1 heterocycles. The van der Waals surface area contributed by atoms with Gasteiger partial charge in [-0.15, -0.1) is 0 Å². The van der Waals surface area contributed by atoms with Gasteiger partial charge in [-0.2, -0.15) is 0 Å². The number of aliphatic hydroxyl groups excluding tert-OH is 1. The van der Waals surface area contributed by atoms with Crippen LogP contribution in [0.25, 0.3) is 0 Å². The maximum atomic E-state index is 10.1. The van der Waals surface area contributed by atoms with E-state index in [1.165, 1.54) is 17.7 Å². The molecule has 1 aromatic rings. The van der Waals surface area contributed by atoms with Crippen molar-refractivity contribution in [1.82, 2.24) is 5.32 Å². The topological polar surface area (TPSA) is 44.7 Å². The first kappa shape index (κ1) is 15.8. The number of ether oxygens (including phenoxy) is 1. The van der Waals surface area contributed by atoms with E-state index in [1.807, 2.05) is 0 Å². The van der Waals surface area contributed by atoms with Gasteiger partial charge in [0, 0.05) is 30.9 Å². The van der Waals surface area contributed by atoms with E-state index in [0.29, 0.717) is 0 Å². The molecule has 0 spiro atoms. The van der Waals surface area contributed by atoms with Crippen LogP contribution in [0.1, 0.15) is 44.2 Å². The molecule has 4 heteroatoms. The van der Waals surface area contributed by atoms with Gasteiger partial charge < -0.3 is 20.1 Å². The summed E-state index contributed by atoms with van der Waals surface area (Å²) in [6, 6.07) is 9.33.